The van der Waals surface area contributed by atoms with Gasteiger partial charge in [-0.1, -0.05) is 0 Å². The number of H-pyrrole nitrogens is 1. The third-order valence-corrected chi connectivity index (χ3v) is 2.55. The molecular formula is C7H5N3O3S. The summed E-state index contributed by atoms with van der Waals surface area (Å²) < 4.78 is 3.92. The zero-order valence-electron chi connectivity index (χ0n) is 7.07. The van der Waals surface area contributed by atoms with Crippen molar-refractivity contribution in [3.63, 3.8) is 0 Å². The van der Waals surface area contributed by atoms with E-state index in [0.717, 1.165) is 11.5 Å². The van der Waals surface area contributed by atoms with E-state index >= 15 is 0 Å². The molecule has 7 heteroatoms. The Kier molecular flexibility index (Phi) is 1.81. The quantitative estimate of drug-likeness (QED) is 0.711. The standard InChI is InChI=1S/C7H5N3O3S/c1-2-3-5(11)8-4(7(12)13)9-6(3)14-10-2/h1H3,(H,12,13)(H,8,9,11). The first-order chi connectivity index (χ1) is 6.59. The molecule has 2 aromatic rings. The number of aromatic amines is 1. The number of rotatable bonds is 1. The summed E-state index contributed by atoms with van der Waals surface area (Å²) in [5, 5.41) is 8.99. The van der Waals surface area contributed by atoms with E-state index in [9.17, 15) is 9.59 Å². The largest absolute Gasteiger partial charge is 0.475 e. The highest BCUT2D eigenvalue weighted by atomic mass is 32.1. The lowest BCUT2D eigenvalue weighted by Crippen LogP contribution is -2.15. The number of hydrogen-bond donors (Lipinski definition) is 2. The van der Waals surface area contributed by atoms with E-state index in [1.165, 1.54) is 0 Å². The summed E-state index contributed by atoms with van der Waals surface area (Å²) >= 11 is 1.02. The third-order valence-electron chi connectivity index (χ3n) is 1.72. The van der Waals surface area contributed by atoms with Crippen molar-refractivity contribution in [2.45, 2.75) is 6.92 Å². The number of aromatic nitrogens is 3. The van der Waals surface area contributed by atoms with Crippen LogP contribution in [-0.2, 0) is 0 Å². The van der Waals surface area contributed by atoms with Gasteiger partial charge in [0.15, 0.2) is 4.83 Å². The molecule has 0 aliphatic rings. The lowest BCUT2D eigenvalue weighted by atomic mass is 10.3. The monoisotopic (exact) mass is 211 g/mol. The van der Waals surface area contributed by atoms with Gasteiger partial charge in [-0.15, -0.1) is 0 Å². The second kappa shape index (κ2) is 2.88. The van der Waals surface area contributed by atoms with Crippen molar-refractivity contribution in [1.29, 1.82) is 0 Å². The number of nitrogens with zero attached hydrogens (tertiary/aromatic N) is 2. The zero-order valence-corrected chi connectivity index (χ0v) is 7.88. The maximum Gasteiger partial charge on any atom is 0.372 e. The molecule has 2 aromatic heterocycles. The van der Waals surface area contributed by atoms with E-state index in [4.69, 9.17) is 5.11 Å². The molecular weight excluding hydrogens is 206 g/mol. The molecule has 72 valence electrons. The Morgan fingerprint density at radius 2 is 2.29 bits per heavy atom. The van der Waals surface area contributed by atoms with Gasteiger partial charge in [0.1, 0.15) is 0 Å². The summed E-state index contributed by atoms with van der Waals surface area (Å²) in [5.74, 6) is -1.61. The molecule has 2 N–H and O–H groups in total. The first-order valence-corrected chi connectivity index (χ1v) is 4.46. The minimum Gasteiger partial charge on any atom is -0.475 e. The summed E-state index contributed by atoms with van der Waals surface area (Å²) in [6.45, 7) is 1.68. The predicted octanol–water partition coefficient (Wildman–Crippen LogP) is 0.386. The van der Waals surface area contributed by atoms with Crippen LogP contribution >= 0.6 is 11.5 Å². The first-order valence-electron chi connectivity index (χ1n) is 3.69. The molecule has 2 heterocycles. The molecule has 0 saturated heterocycles. The van der Waals surface area contributed by atoms with Crippen molar-refractivity contribution in [3.8, 4) is 0 Å². The van der Waals surface area contributed by atoms with Crippen molar-refractivity contribution in [2.24, 2.45) is 0 Å². The van der Waals surface area contributed by atoms with Crippen LogP contribution in [0.4, 0.5) is 0 Å². The van der Waals surface area contributed by atoms with Crippen LogP contribution in [0.5, 0.6) is 0 Å². The molecule has 0 bridgehead atoms. The van der Waals surface area contributed by atoms with E-state index in [-0.39, 0.29) is 5.82 Å². The molecule has 0 saturated carbocycles. The molecule has 0 aliphatic carbocycles. The highest BCUT2D eigenvalue weighted by Crippen LogP contribution is 2.15. The Labute approximate surface area is 81.4 Å². The molecule has 0 aliphatic heterocycles. The number of hydrogen-bond acceptors (Lipinski definition) is 5. The molecule has 0 atom stereocenters. The molecule has 6 nitrogen and oxygen atoms in total. The third kappa shape index (κ3) is 1.18. The summed E-state index contributed by atoms with van der Waals surface area (Å²) in [6, 6.07) is 0. The van der Waals surface area contributed by atoms with Crippen molar-refractivity contribution in [3.05, 3.63) is 21.9 Å². The molecule has 0 spiro atoms. The number of nitrogens with one attached hydrogen (secondary N) is 1. The average Bonchev–Trinajstić information content (AvgIpc) is 2.48. The van der Waals surface area contributed by atoms with Gasteiger partial charge in [0.25, 0.3) is 5.56 Å². The van der Waals surface area contributed by atoms with E-state index < -0.39 is 11.5 Å². The lowest BCUT2D eigenvalue weighted by molar-refractivity contribution is 0.0683. The smallest absolute Gasteiger partial charge is 0.372 e. The number of carboxylic acid groups (broad SMARTS) is 1. The van der Waals surface area contributed by atoms with Crippen LogP contribution < -0.4 is 5.56 Å². The van der Waals surface area contributed by atoms with E-state index in [1.54, 1.807) is 6.92 Å². The maximum atomic E-state index is 11.4. The minimum atomic E-state index is -1.25. The summed E-state index contributed by atoms with van der Waals surface area (Å²) in [6.07, 6.45) is 0. The van der Waals surface area contributed by atoms with Crippen LogP contribution in [0.25, 0.3) is 10.2 Å². The minimum absolute atomic E-state index is 0.351. The van der Waals surface area contributed by atoms with Crippen molar-refractivity contribution < 1.29 is 9.90 Å². The Morgan fingerprint density at radius 1 is 1.57 bits per heavy atom. The Hall–Kier alpha value is -1.76. The Bertz CT molecular complexity index is 571. The Morgan fingerprint density at radius 3 is 2.93 bits per heavy atom. The number of fused-ring (bicyclic) bond motifs is 1. The van der Waals surface area contributed by atoms with E-state index in [1.807, 2.05) is 0 Å². The normalized spacial score (nSPS) is 10.6. The average molecular weight is 211 g/mol. The number of aryl methyl sites for hydroxylation is 1. The predicted molar refractivity (Wildman–Crippen MR) is 49.7 cm³/mol. The van der Waals surface area contributed by atoms with Crippen LogP contribution in [0, 0.1) is 6.92 Å². The van der Waals surface area contributed by atoms with Crippen molar-refractivity contribution >= 4 is 27.7 Å². The lowest BCUT2D eigenvalue weighted by Gasteiger charge is -1.92. The molecule has 2 rings (SSSR count). The van der Waals surface area contributed by atoms with Gasteiger partial charge < -0.3 is 10.1 Å². The molecule has 0 unspecified atom stereocenters. The molecule has 0 aromatic carbocycles. The summed E-state index contributed by atoms with van der Waals surface area (Å²) in [5.41, 5.74) is 0.106. The summed E-state index contributed by atoms with van der Waals surface area (Å²) in [4.78, 5) is 28.2. The van der Waals surface area contributed by atoms with Gasteiger partial charge in [-0.25, -0.2) is 9.78 Å². The number of aromatic carboxylic acids is 1. The fraction of sp³-hybridized carbons (Fsp3) is 0.143. The highest BCUT2D eigenvalue weighted by Gasteiger charge is 2.13. The second-order valence-corrected chi connectivity index (χ2v) is 3.42. The van der Waals surface area contributed by atoms with Gasteiger partial charge in [-0.3, -0.25) is 4.79 Å². The zero-order chi connectivity index (χ0) is 10.3. The van der Waals surface area contributed by atoms with Gasteiger partial charge in [-0.2, -0.15) is 4.37 Å². The van der Waals surface area contributed by atoms with E-state index in [0.29, 0.717) is 15.9 Å². The van der Waals surface area contributed by atoms with Crippen molar-refractivity contribution in [2.75, 3.05) is 0 Å². The van der Waals surface area contributed by atoms with Crippen molar-refractivity contribution in [1.82, 2.24) is 14.3 Å². The van der Waals surface area contributed by atoms with E-state index in [2.05, 4.69) is 14.3 Å². The fourth-order valence-electron chi connectivity index (χ4n) is 1.10. The molecule has 0 amide bonds. The second-order valence-electron chi connectivity index (χ2n) is 2.67. The summed E-state index contributed by atoms with van der Waals surface area (Å²) in [7, 11) is 0. The Balaban J connectivity index is 2.87. The SMILES string of the molecule is Cc1nsc2nc(C(=O)O)[nH]c(=O)c12. The van der Waals surface area contributed by atoms with Gasteiger partial charge in [0.2, 0.25) is 5.82 Å². The molecule has 14 heavy (non-hydrogen) atoms. The maximum absolute atomic E-state index is 11.4. The number of carbonyl (C=O) groups is 1. The topological polar surface area (TPSA) is 95.9 Å². The molecule has 0 fully saturated rings. The van der Waals surface area contributed by atoms with Gasteiger partial charge in [0, 0.05) is 0 Å². The van der Waals surface area contributed by atoms with Crippen LogP contribution in [0.2, 0.25) is 0 Å². The van der Waals surface area contributed by atoms with Gasteiger partial charge in [-0.05, 0) is 18.5 Å². The van der Waals surface area contributed by atoms with Gasteiger partial charge in [0.05, 0.1) is 11.1 Å². The van der Waals surface area contributed by atoms with Gasteiger partial charge >= 0.3 is 5.97 Å². The van der Waals surface area contributed by atoms with Crippen LogP contribution in [-0.4, -0.2) is 25.4 Å². The van der Waals surface area contributed by atoms with Crippen LogP contribution in [0.1, 0.15) is 16.3 Å². The van der Waals surface area contributed by atoms with Crippen LogP contribution in [0.3, 0.4) is 0 Å². The fourth-order valence-corrected chi connectivity index (χ4v) is 1.87. The first kappa shape index (κ1) is 8.82. The molecule has 0 radical (unpaired) electrons. The highest BCUT2D eigenvalue weighted by molar-refractivity contribution is 7.12. The van der Waals surface area contributed by atoms with Crippen LogP contribution in [0.15, 0.2) is 4.79 Å². The number of carboxylic acids is 1.